The lowest BCUT2D eigenvalue weighted by Crippen LogP contribution is -2.04. The molecule has 0 saturated heterocycles. The Balaban J connectivity index is 2.17. The van der Waals surface area contributed by atoms with Crippen LogP contribution in [0.5, 0.6) is 11.5 Å². The van der Waals surface area contributed by atoms with E-state index in [-0.39, 0.29) is 5.91 Å². The number of carbonyl (C=O) groups is 1. The number of nitrogens with one attached hydrogen (secondary N) is 1. The number of para-hydroxylation sites is 1. The zero-order valence-electron chi connectivity index (χ0n) is 11.8. The largest absolute Gasteiger partial charge is 0.496 e. The van der Waals surface area contributed by atoms with E-state index in [4.69, 9.17) is 9.47 Å². The maximum absolute atomic E-state index is 12.2. The van der Waals surface area contributed by atoms with Gasteiger partial charge in [-0.2, -0.15) is 0 Å². The third-order valence-electron chi connectivity index (χ3n) is 3.46. The molecule has 4 heteroatoms. The van der Waals surface area contributed by atoms with Gasteiger partial charge in [0.2, 0.25) is 0 Å². The van der Waals surface area contributed by atoms with Crippen LogP contribution in [0.3, 0.4) is 0 Å². The summed E-state index contributed by atoms with van der Waals surface area (Å²) < 4.78 is 10.7. The summed E-state index contributed by atoms with van der Waals surface area (Å²) in [6.07, 6.45) is 1.80. The number of anilines is 1. The van der Waals surface area contributed by atoms with Crippen LogP contribution in [0.25, 0.3) is 11.6 Å². The minimum Gasteiger partial charge on any atom is -0.496 e. The SMILES string of the molecule is COc1cccc(OC)c1/C=C1\C(=O)Nc2ccccc21. The van der Waals surface area contributed by atoms with E-state index in [0.29, 0.717) is 17.1 Å². The normalized spacial score (nSPS) is 14.8. The molecular formula is C17H15NO3. The Bertz CT molecular complexity index is 712. The third kappa shape index (κ3) is 2.25. The first-order valence-electron chi connectivity index (χ1n) is 6.58. The summed E-state index contributed by atoms with van der Waals surface area (Å²) in [7, 11) is 3.19. The quantitative estimate of drug-likeness (QED) is 0.879. The third-order valence-corrected chi connectivity index (χ3v) is 3.46. The smallest absolute Gasteiger partial charge is 0.256 e. The molecule has 0 spiro atoms. The Kier molecular flexibility index (Phi) is 3.36. The fourth-order valence-electron chi connectivity index (χ4n) is 2.45. The fourth-order valence-corrected chi connectivity index (χ4v) is 2.45. The summed E-state index contributed by atoms with van der Waals surface area (Å²) in [6.45, 7) is 0. The Morgan fingerprint density at radius 2 is 1.62 bits per heavy atom. The molecule has 1 heterocycles. The van der Waals surface area contributed by atoms with E-state index in [1.165, 1.54) is 0 Å². The molecule has 0 radical (unpaired) electrons. The van der Waals surface area contributed by atoms with Crippen LogP contribution in [0.2, 0.25) is 0 Å². The fraction of sp³-hybridized carbons (Fsp3) is 0.118. The van der Waals surface area contributed by atoms with E-state index < -0.39 is 0 Å². The van der Waals surface area contributed by atoms with Crippen LogP contribution in [-0.4, -0.2) is 20.1 Å². The Morgan fingerprint density at radius 1 is 0.952 bits per heavy atom. The van der Waals surface area contributed by atoms with Crippen LogP contribution in [0.15, 0.2) is 42.5 Å². The summed E-state index contributed by atoms with van der Waals surface area (Å²) in [5, 5.41) is 2.85. The number of ether oxygens (including phenoxy) is 2. The topological polar surface area (TPSA) is 47.6 Å². The van der Waals surface area contributed by atoms with Crippen molar-refractivity contribution < 1.29 is 14.3 Å². The minimum atomic E-state index is -0.121. The molecular weight excluding hydrogens is 266 g/mol. The van der Waals surface area contributed by atoms with Crippen LogP contribution in [0.1, 0.15) is 11.1 Å². The van der Waals surface area contributed by atoms with E-state index in [1.54, 1.807) is 20.3 Å². The molecule has 2 aromatic carbocycles. The van der Waals surface area contributed by atoms with Crippen molar-refractivity contribution in [3.05, 3.63) is 53.6 Å². The zero-order chi connectivity index (χ0) is 14.8. The summed E-state index contributed by atoms with van der Waals surface area (Å²) in [5.41, 5.74) is 3.07. The average Bonchev–Trinajstić information content (AvgIpc) is 2.83. The molecule has 0 aromatic heterocycles. The van der Waals surface area contributed by atoms with Crippen molar-refractivity contribution in [1.29, 1.82) is 0 Å². The van der Waals surface area contributed by atoms with Gasteiger partial charge in [-0.3, -0.25) is 4.79 Å². The Hall–Kier alpha value is -2.75. The van der Waals surface area contributed by atoms with Crippen LogP contribution in [-0.2, 0) is 4.79 Å². The van der Waals surface area contributed by atoms with Crippen molar-refractivity contribution in [2.24, 2.45) is 0 Å². The Morgan fingerprint density at radius 3 is 2.29 bits per heavy atom. The maximum atomic E-state index is 12.2. The molecule has 21 heavy (non-hydrogen) atoms. The molecule has 0 bridgehead atoms. The van der Waals surface area contributed by atoms with Gasteiger partial charge in [-0.05, 0) is 24.3 Å². The molecule has 2 aromatic rings. The molecule has 0 fully saturated rings. The number of hydrogen-bond acceptors (Lipinski definition) is 3. The van der Waals surface area contributed by atoms with Crippen molar-refractivity contribution >= 4 is 23.2 Å². The number of fused-ring (bicyclic) bond motifs is 1. The molecule has 1 amide bonds. The molecule has 3 rings (SSSR count). The lowest BCUT2D eigenvalue weighted by molar-refractivity contribution is -0.110. The first-order chi connectivity index (χ1) is 10.2. The van der Waals surface area contributed by atoms with Crippen LogP contribution < -0.4 is 14.8 Å². The number of rotatable bonds is 3. The van der Waals surface area contributed by atoms with Gasteiger partial charge in [0, 0.05) is 16.8 Å². The second-order valence-electron chi connectivity index (χ2n) is 4.63. The first-order valence-corrected chi connectivity index (χ1v) is 6.58. The van der Waals surface area contributed by atoms with Crippen LogP contribution >= 0.6 is 0 Å². The van der Waals surface area contributed by atoms with E-state index in [2.05, 4.69) is 5.32 Å². The van der Waals surface area contributed by atoms with Crippen molar-refractivity contribution in [3.63, 3.8) is 0 Å². The van der Waals surface area contributed by atoms with Crippen LogP contribution in [0.4, 0.5) is 5.69 Å². The zero-order valence-corrected chi connectivity index (χ0v) is 11.8. The number of hydrogen-bond donors (Lipinski definition) is 1. The predicted molar refractivity (Wildman–Crippen MR) is 82.5 cm³/mol. The minimum absolute atomic E-state index is 0.121. The van der Waals surface area contributed by atoms with Gasteiger partial charge in [-0.15, -0.1) is 0 Å². The first kappa shape index (κ1) is 13.2. The summed E-state index contributed by atoms with van der Waals surface area (Å²) in [4.78, 5) is 12.2. The van der Waals surface area contributed by atoms with E-state index in [1.807, 2.05) is 42.5 Å². The van der Waals surface area contributed by atoms with Gasteiger partial charge in [0.05, 0.1) is 19.8 Å². The van der Waals surface area contributed by atoms with Crippen molar-refractivity contribution in [2.75, 3.05) is 19.5 Å². The van der Waals surface area contributed by atoms with E-state index in [0.717, 1.165) is 16.8 Å². The van der Waals surface area contributed by atoms with Gasteiger partial charge in [-0.25, -0.2) is 0 Å². The lowest BCUT2D eigenvalue weighted by atomic mass is 10.0. The molecule has 0 aliphatic carbocycles. The standard InChI is InChI=1S/C17H15NO3/c1-20-15-8-5-9-16(21-2)13(15)10-12-11-6-3-4-7-14(11)18-17(12)19/h3-10H,1-2H3,(H,18,19)/b12-10-. The molecule has 1 aliphatic rings. The molecule has 0 saturated carbocycles. The van der Waals surface area contributed by atoms with Crippen molar-refractivity contribution in [1.82, 2.24) is 0 Å². The van der Waals surface area contributed by atoms with Gasteiger partial charge in [0.1, 0.15) is 11.5 Å². The predicted octanol–water partition coefficient (Wildman–Crippen LogP) is 3.20. The van der Waals surface area contributed by atoms with Crippen molar-refractivity contribution in [2.45, 2.75) is 0 Å². The summed E-state index contributed by atoms with van der Waals surface area (Å²) in [6, 6.07) is 13.1. The van der Waals surface area contributed by atoms with Gasteiger partial charge in [-0.1, -0.05) is 24.3 Å². The monoisotopic (exact) mass is 281 g/mol. The highest BCUT2D eigenvalue weighted by Crippen LogP contribution is 2.37. The number of methoxy groups -OCH3 is 2. The second-order valence-corrected chi connectivity index (χ2v) is 4.63. The van der Waals surface area contributed by atoms with Gasteiger partial charge in [0.15, 0.2) is 0 Å². The Labute approximate surface area is 123 Å². The summed E-state index contributed by atoms with van der Waals surface area (Å²) in [5.74, 6) is 1.21. The maximum Gasteiger partial charge on any atom is 0.256 e. The number of amides is 1. The highest BCUT2D eigenvalue weighted by atomic mass is 16.5. The van der Waals surface area contributed by atoms with Crippen LogP contribution in [0, 0.1) is 0 Å². The van der Waals surface area contributed by atoms with Crippen molar-refractivity contribution in [3.8, 4) is 11.5 Å². The van der Waals surface area contributed by atoms with E-state index in [9.17, 15) is 4.79 Å². The van der Waals surface area contributed by atoms with Gasteiger partial charge >= 0.3 is 0 Å². The van der Waals surface area contributed by atoms with Gasteiger partial charge < -0.3 is 14.8 Å². The highest BCUT2D eigenvalue weighted by Gasteiger charge is 2.24. The molecule has 4 nitrogen and oxygen atoms in total. The molecule has 106 valence electrons. The highest BCUT2D eigenvalue weighted by molar-refractivity contribution is 6.35. The molecule has 0 unspecified atom stereocenters. The lowest BCUT2D eigenvalue weighted by Gasteiger charge is -2.10. The summed E-state index contributed by atoms with van der Waals surface area (Å²) >= 11 is 0. The molecule has 1 aliphatic heterocycles. The number of benzene rings is 2. The second kappa shape index (κ2) is 5.32. The average molecular weight is 281 g/mol. The van der Waals surface area contributed by atoms with E-state index >= 15 is 0 Å². The number of carbonyl (C=O) groups excluding carboxylic acids is 1. The molecule has 0 atom stereocenters. The molecule has 1 N–H and O–H groups in total. The van der Waals surface area contributed by atoms with Gasteiger partial charge in [0.25, 0.3) is 5.91 Å².